The van der Waals surface area contributed by atoms with Crippen molar-refractivity contribution in [2.45, 2.75) is 26.9 Å². The molecule has 1 amide bonds. The number of rotatable bonds is 11. The van der Waals surface area contributed by atoms with Crippen molar-refractivity contribution in [2.75, 3.05) is 13.2 Å². The second kappa shape index (κ2) is 13.0. The van der Waals surface area contributed by atoms with Crippen molar-refractivity contribution < 1.29 is 19.0 Å². The van der Waals surface area contributed by atoms with E-state index in [1.807, 2.05) is 44.2 Å². The number of hydrogen-bond acceptors (Lipinski definition) is 6. The van der Waals surface area contributed by atoms with Crippen LogP contribution < -0.4 is 19.6 Å². The van der Waals surface area contributed by atoms with E-state index in [4.69, 9.17) is 31.1 Å². The highest BCUT2D eigenvalue weighted by atomic mass is 35.5. The molecule has 0 radical (unpaired) electrons. The number of nitrogens with one attached hydrogen (secondary N) is 1. The van der Waals surface area contributed by atoms with Gasteiger partial charge in [0.25, 0.3) is 0 Å². The quantitative estimate of drug-likeness (QED) is 0.291. The van der Waals surface area contributed by atoms with Crippen molar-refractivity contribution in [1.29, 1.82) is 5.26 Å². The topological polar surface area (TPSA) is 92.9 Å². The van der Waals surface area contributed by atoms with Crippen molar-refractivity contribution in [2.24, 2.45) is 5.10 Å². The Morgan fingerprint density at radius 1 is 1.03 bits per heavy atom. The number of carbonyl (C=O) groups excluding carboxylic acids is 1. The van der Waals surface area contributed by atoms with E-state index in [2.05, 4.69) is 16.6 Å². The molecule has 0 aliphatic carbocycles. The van der Waals surface area contributed by atoms with Crippen LogP contribution in [-0.2, 0) is 17.8 Å². The molecule has 0 bridgehead atoms. The molecule has 0 saturated carbocycles. The first-order chi connectivity index (χ1) is 17.0. The first-order valence-electron chi connectivity index (χ1n) is 11.1. The van der Waals surface area contributed by atoms with Crippen molar-refractivity contribution >= 4 is 23.7 Å². The van der Waals surface area contributed by atoms with Gasteiger partial charge in [-0.2, -0.15) is 10.4 Å². The number of halogens is 1. The summed E-state index contributed by atoms with van der Waals surface area (Å²) in [5.74, 6) is 1.37. The summed E-state index contributed by atoms with van der Waals surface area (Å²) in [7, 11) is 0. The average Bonchev–Trinajstić information content (AvgIpc) is 2.85. The molecule has 1 N–H and O–H groups in total. The van der Waals surface area contributed by atoms with E-state index in [1.54, 1.807) is 30.3 Å². The standard InChI is InChI=1S/C27H26ClN3O4/c1-3-33-23-10-8-19(9-11-23)15-26(32)31-30-17-22-13-24(28)27(25(14-22)34-4-2)35-18-21-7-5-6-20(12-21)16-29/h5-14,17H,3-4,15,18H2,1-2H3,(H,31,32)/b30-17-. The Kier molecular flexibility index (Phi) is 9.52. The number of nitrogens with zero attached hydrogens (tertiary/aromatic N) is 2. The van der Waals surface area contributed by atoms with Gasteiger partial charge in [-0.05, 0) is 66.9 Å². The Morgan fingerprint density at radius 3 is 2.51 bits per heavy atom. The molecule has 0 unspecified atom stereocenters. The van der Waals surface area contributed by atoms with Crippen LogP contribution in [0.5, 0.6) is 17.2 Å². The number of benzene rings is 3. The van der Waals surface area contributed by atoms with E-state index in [0.29, 0.717) is 40.9 Å². The van der Waals surface area contributed by atoms with E-state index < -0.39 is 0 Å². The summed E-state index contributed by atoms with van der Waals surface area (Å²) in [5.41, 5.74) is 5.40. The molecular weight excluding hydrogens is 466 g/mol. The summed E-state index contributed by atoms with van der Waals surface area (Å²) in [6, 6.07) is 20.0. The first kappa shape index (κ1) is 25.6. The molecule has 0 heterocycles. The van der Waals surface area contributed by atoms with Gasteiger partial charge >= 0.3 is 0 Å². The van der Waals surface area contributed by atoms with Crippen LogP contribution in [0.1, 0.15) is 36.1 Å². The van der Waals surface area contributed by atoms with Crippen LogP contribution in [0, 0.1) is 11.3 Å². The third kappa shape index (κ3) is 7.76. The molecule has 180 valence electrons. The summed E-state index contributed by atoms with van der Waals surface area (Å²) >= 11 is 6.46. The average molecular weight is 492 g/mol. The van der Waals surface area contributed by atoms with E-state index in [1.165, 1.54) is 6.21 Å². The maximum absolute atomic E-state index is 12.2. The van der Waals surface area contributed by atoms with Gasteiger partial charge in [-0.25, -0.2) is 5.43 Å². The molecule has 3 rings (SSSR count). The van der Waals surface area contributed by atoms with Gasteiger partial charge in [-0.15, -0.1) is 0 Å². The zero-order chi connectivity index (χ0) is 25.0. The van der Waals surface area contributed by atoms with Crippen LogP contribution in [0.4, 0.5) is 0 Å². The van der Waals surface area contributed by atoms with Crippen LogP contribution in [0.25, 0.3) is 0 Å². The lowest BCUT2D eigenvalue weighted by Crippen LogP contribution is -2.19. The normalized spacial score (nSPS) is 10.6. The minimum atomic E-state index is -0.249. The van der Waals surface area contributed by atoms with Crippen LogP contribution in [-0.4, -0.2) is 25.3 Å². The third-order valence-corrected chi connectivity index (χ3v) is 5.05. The van der Waals surface area contributed by atoms with E-state index in [0.717, 1.165) is 16.9 Å². The first-order valence-corrected chi connectivity index (χ1v) is 11.5. The second-order valence-corrected chi connectivity index (χ2v) is 7.82. The zero-order valence-electron chi connectivity index (χ0n) is 19.6. The van der Waals surface area contributed by atoms with Crippen molar-refractivity contribution in [3.63, 3.8) is 0 Å². The molecule has 0 saturated heterocycles. The molecule has 0 atom stereocenters. The highest BCUT2D eigenvalue weighted by Crippen LogP contribution is 2.37. The van der Waals surface area contributed by atoms with Crippen LogP contribution in [0.15, 0.2) is 65.8 Å². The fourth-order valence-corrected chi connectivity index (χ4v) is 3.50. The molecule has 35 heavy (non-hydrogen) atoms. The summed E-state index contributed by atoms with van der Waals surface area (Å²) in [5, 5.41) is 13.4. The Labute approximate surface area is 209 Å². The minimum absolute atomic E-state index is 0.189. The van der Waals surface area contributed by atoms with Crippen LogP contribution in [0.3, 0.4) is 0 Å². The molecule has 0 fully saturated rings. The SMILES string of the molecule is CCOc1ccc(CC(=O)N/N=C\c2cc(Cl)c(OCc3cccc(C#N)c3)c(OCC)c2)cc1. The molecule has 0 aliphatic heterocycles. The number of hydrogen-bond donors (Lipinski definition) is 1. The van der Waals surface area contributed by atoms with Gasteiger partial charge in [0, 0.05) is 0 Å². The summed E-state index contributed by atoms with van der Waals surface area (Å²) < 4.78 is 17.0. The number of nitriles is 1. The minimum Gasteiger partial charge on any atom is -0.494 e. The van der Waals surface area contributed by atoms with E-state index >= 15 is 0 Å². The van der Waals surface area contributed by atoms with Crippen molar-refractivity contribution in [3.8, 4) is 23.3 Å². The smallest absolute Gasteiger partial charge is 0.244 e. The lowest BCUT2D eigenvalue weighted by atomic mass is 10.1. The molecule has 0 aromatic heterocycles. The van der Waals surface area contributed by atoms with Gasteiger partial charge < -0.3 is 14.2 Å². The van der Waals surface area contributed by atoms with Gasteiger partial charge in [-0.3, -0.25) is 4.79 Å². The van der Waals surface area contributed by atoms with Crippen molar-refractivity contribution in [1.82, 2.24) is 5.43 Å². The summed E-state index contributed by atoms with van der Waals surface area (Å²) in [6.07, 6.45) is 1.68. The lowest BCUT2D eigenvalue weighted by molar-refractivity contribution is -0.120. The van der Waals surface area contributed by atoms with Gasteiger partial charge in [0.1, 0.15) is 12.4 Å². The van der Waals surface area contributed by atoms with Gasteiger partial charge in [0.2, 0.25) is 5.91 Å². The number of carbonyl (C=O) groups is 1. The molecule has 3 aromatic carbocycles. The second-order valence-electron chi connectivity index (χ2n) is 7.41. The summed E-state index contributed by atoms with van der Waals surface area (Å²) in [4.78, 5) is 12.2. The fraction of sp³-hybridized carbons (Fsp3) is 0.222. The molecule has 0 aliphatic rings. The van der Waals surface area contributed by atoms with Gasteiger partial charge in [0.05, 0.1) is 42.5 Å². The molecule has 7 nitrogen and oxygen atoms in total. The number of ether oxygens (including phenoxy) is 3. The highest BCUT2D eigenvalue weighted by Gasteiger charge is 2.13. The van der Waals surface area contributed by atoms with E-state index in [-0.39, 0.29) is 18.9 Å². The summed E-state index contributed by atoms with van der Waals surface area (Å²) in [6.45, 7) is 5.00. The Morgan fingerprint density at radius 2 is 1.80 bits per heavy atom. The maximum Gasteiger partial charge on any atom is 0.244 e. The number of amides is 1. The molecule has 0 spiro atoms. The fourth-order valence-electron chi connectivity index (χ4n) is 3.23. The van der Waals surface area contributed by atoms with Crippen LogP contribution in [0.2, 0.25) is 5.02 Å². The zero-order valence-corrected chi connectivity index (χ0v) is 20.3. The predicted octanol–water partition coefficient (Wildman–Crippen LogP) is 5.28. The van der Waals surface area contributed by atoms with Crippen molar-refractivity contribution in [3.05, 3.63) is 87.9 Å². The number of hydrazone groups is 1. The third-order valence-electron chi connectivity index (χ3n) is 4.77. The molecule has 8 heteroatoms. The van der Waals surface area contributed by atoms with E-state index in [9.17, 15) is 4.79 Å². The Hall–Kier alpha value is -4.02. The molecule has 3 aromatic rings. The Bertz CT molecular complexity index is 1220. The molecular formula is C27H26ClN3O4. The largest absolute Gasteiger partial charge is 0.494 e. The van der Waals surface area contributed by atoms with Gasteiger partial charge in [-0.1, -0.05) is 35.9 Å². The predicted molar refractivity (Wildman–Crippen MR) is 135 cm³/mol. The Balaban J connectivity index is 1.63. The maximum atomic E-state index is 12.2. The van der Waals surface area contributed by atoms with Crippen LogP contribution >= 0.6 is 11.6 Å². The monoisotopic (exact) mass is 491 g/mol. The lowest BCUT2D eigenvalue weighted by Gasteiger charge is -2.14. The highest BCUT2D eigenvalue weighted by molar-refractivity contribution is 6.32. The van der Waals surface area contributed by atoms with Gasteiger partial charge in [0.15, 0.2) is 11.5 Å².